The molecule has 0 unspecified atom stereocenters. The number of amides is 1. The van der Waals surface area contributed by atoms with E-state index in [0.717, 1.165) is 39.5 Å². The fourth-order valence-corrected chi connectivity index (χ4v) is 5.67. The number of thiophene rings is 1. The Kier molecular flexibility index (Phi) is 5.06. The number of phenolic OH excluding ortho intramolecular Hbond substituents is 1. The number of nitrogens with one attached hydrogen (secondary N) is 1. The molecule has 3 aromatic rings. The predicted molar refractivity (Wildman–Crippen MR) is 111 cm³/mol. The van der Waals surface area contributed by atoms with Gasteiger partial charge in [0.05, 0.1) is 11.4 Å². The molecule has 1 aromatic carbocycles. The second-order valence-electron chi connectivity index (χ2n) is 6.82. The van der Waals surface area contributed by atoms with Crippen molar-refractivity contribution in [2.75, 3.05) is 11.1 Å². The molecule has 7 heteroatoms. The fraction of sp³-hybridized carbons (Fsp3) is 0.350. The highest BCUT2D eigenvalue weighted by atomic mass is 32.2. The topological polar surface area (TPSA) is 75.1 Å². The van der Waals surface area contributed by atoms with Crippen LogP contribution in [-0.2, 0) is 17.6 Å². The smallest absolute Gasteiger partial charge is 0.234 e. The molecular weight excluding hydrogens is 378 g/mol. The maximum Gasteiger partial charge on any atom is 0.234 e. The van der Waals surface area contributed by atoms with E-state index in [2.05, 4.69) is 15.3 Å². The number of hydrogen-bond acceptors (Lipinski definition) is 6. The molecule has 0 spiro atoms. The Labute approximate surface area is 166 Å². The Hall–Kier alpha value is -2.12. The molecule has 1 amide bonds. The second kappa shape index (κ2) is 7.48. The Morgan fingerprint density at radius 3 is 2.93 bits per heavy atom. The van der Waals surface area contributed by atoms with Crippen molar-refractivity contribution in [1.82, 2.24) is 9.97 Å². The van der Waals surface area contributed by atoms with Crippen LogP contribution in [-0.4, -0.2) is 26.7 Å². The standard InChI is InChI=1S/C20H21N3O2S2/c1-11-7-8-15(24)14(9-11)23-17(25)10-26-19-18-13-5-3-4-6-16(13)27-20(18)22-12(2)21-19/h7-9,24H,3-6,10H2,1-2H3,(H,23,25). The number of nitrogens with zero attached hydrogens (tertiary/aromatic N) is 2. The van der Waals surface area contributed by atoms with E-state index in [9.17, 15) is 9.90 Å². The van der Waals surface area contributed by atoms with Gasteiger partial charge in [-0.3, -0.25) is 4.79 Å². The van der Waals surface area contributed by atoms with E-state index in [4.69, 9.17) is 0 Å². The van der Waals surface area contributed by atoms with E-state index in [1.807, 2.05) is 13.8 Å². The van der Waals surface area contributed by atoms with Crippen molar-refractivity contribution in [1.29, 1.82) is 0 Å². The van der Waals surface area contributed by atoms with Gasteiger partial charge >= 0.3 is 0 Å². The quantitative estimate of drug-likeness (QED) is 0.380. The molecule has 140 valence electrons. The van der Waals surface area contributed by atoms with Gasteiger partial charge in [-0.2, -0.15) is 0 Å². The first-order valence-corrected chi connectivity index (χ1v) is 10.8. The summed E-state index contributed by atoms with van der Waals surface area (Å²) >= 11 is 3.21. The second-order valence-corrected chi connectivity index (χ2v) is 8.87. The first kappa shape index (κ1) is 18.3. The summed E-state index contributed by atoms with van der Waals surface area (Å²) in [6.45, 7) is 3.82. The van der Waals surface area contributed by atoms with Crippen LogP contribution in [0.2, 0.25) is 0 Å². The number of aromatic nitrogens is 2. The molecular formula is C20H21N3O2S2. The summed E-state index contributed by atoms with van der Waals surface area (Å²) in [5.74, 6) is 0.893. The SMILES string of the molecule is Cc1ccc(O)c(NC(=O)CSc2nc(C)nc3sc4c(c23)CCCC4)c1. The first-order valence-electron chi connectivity index (χ1n) is 9.02. The zero-order valence-electron chi connectivity index (χ0n) is 15.3. The normalized spacial score (nSPS) is 13.6. The zero-order chi connectivity index (χ0) is 19.0. The van der Waals surface area contributed by atoms with Crippen molar-refractivity contribution >= 4 is 44.9 Å². The number of fused-ring (bicyclic) bond motifs is 3. The van der Waals surface area contributed by atoms with Crippen LogP contribution in [0.1, 0.15) is 34.7 Å². The summed E-state index contributed by atoms with van der Waals surface area (Å²) in [4.78, 5) is 24.1. The Bertz CT molecular complexity index is 1030. The minimum absolute atomic E-state index is 0.0751. The number of rotatable bonds is 4. The summed E-state index contributed by atoms with van der Waals surface area (Å²) in [6.07, 6.45) is 4.62. The number of anilines is 1. The van der Waals surface area contributed by atoms with Crippen LogP contribution in [0, 0.1) is 13.8 Å². The lowest BCUT2D eigenvalue weighted by Gasteiger charge is -2.12. The molecule has 0 bridgehead atoms. The van der Waals surface area contributed by atoms with Crippen molar-refractivity contribution in [3.8, 4) is 5.75 Å². The third kappa shape index (κ3) is 3.80. The molecule has 0 saturated carbocycles. The van der Waals surface area contributed by atoms with Gasteiger partial charge in [0.25, 0.3) is 0 Å². The summed E-state index contributed by atoms with van der Waals surface area (Å²) in [7, 11) is 0. The van der Waals surface area contributed by atoms with E-state index < -0.39 is 0 Å². The average molecular weight is 400 g/mol. The molecule has 27 heavy (non-hydrogen) atoms. The molecule has 2 aromatic heterocycles. The van der Waals surface area contributed by atoms with Gasteiger partial charge in [0.2, 0.25) is 5.91 Å². The van der Waals surface area contributed by atoms with Crippen LogP contribution >= 0.6 is 23.1 Å². The lowest BCUT2D eigenvalue weighted by Crippen LogP contribution is -2.14. The number of aromatic hydroxyl groups is 1. The number of carbonyl (C=O) groups is 1. The third-order valence-electron chi connectivity index (χ3n) is 4.66. The van der Waals surface area contributed by atoms with Crippen LogP contribution in [0.3, 0.4) is 0 Å². The van der Waals surface area contributed by atoms with E-state index in [0.29, 0.717) is 5.69 Å². The molecule has 2 N–H and O–H groups in total. The molecule has 0 aliphatic heterocycles. The van der Waals surface area contributed by atoms with Crippen LogP contribution in [0.25, 0.3) is 10.2 Å². The van der Waals surface area contributed by atoms with E-state index in [-0.39, 0.29) is 17.4 Å². The van der Waals surface area contributed by atoms with Gasteiger partial charge < -0.3 is 10.4 Å². The van der Waals surface area contributed by atoms with Gasteiger partial charge in [0, 0.05) is 10.3 Å². The number of thioether (sulfide) groups is 1. The van der Waals surface area contributed by atoms with Gasteiger partial charge in [-0.05, 0) is 62.8 Å². The third-order valence-corrected chi connectivity index (χ3v) is 6.82. The molecule has 5 nitrogen and oxygen atoms in total. The Balaban J connectivity index is 1.55. The van der Waals surface area contributed by atoms with E-state index >= 15 is 0 Å². The van der Waals surface area contributed by atoms with Gasteiger partial charge in [-0.1, -0.05) is 17.8 Å². The Morgan fingerprint density at radius 1 is 1.26 bits per heavy atom. The first-order chi connectivity index (χ1) is 13.0. The van der Waals surface area contributed by atoms with Crippen LogP contribution in [0.5, 0.6) is 5.75 Å². The van der Waals surface area contributed by atoms with Crippen LogP contribution < -0.4 is 5.32 Å². The zero-order valence-corrected chi connectivity index (χ0v) is 17.0. The number of carbonyl (C=O) groups excluding carboxylic acids is 1. The maximum absolute atomic E-state index is 12.4. The summed E-state index contributed by atoms with van der Waals surface area (Å²) in [6, 6.07) is 5.16. The van der Waals surface area contributed by atoms with Crippen molar-refractivity contribution < 1.29 is 9.90 Å². The molecule has 4 rings (SSSR count). The predicted octanol–water partition coefficient (Wildman–Crippen LogP) is 4.62. The largest absolute Gasteiger partial charge is 0.506 e. The van der Waals surface area contributed by atoms with Crippen molar-refractivity contribution in [3.63, 3.8) is 0 Å². The number of benzene rings is 1. The van der Waals surface area contributed by atoms with E-state index in [1.165, 1.54) is 35.0 Å². The summed E-state index contributed by atoms with van der Waals surface area (Å²) in [5.41, 5.74) is 2.80. The highest BCUT2D eigenvalue weighted by Gasteiger charge is 2.21. The minimum atomic E-state index is -0.158. The molecule has 0 radical (unpaired) electrons. The molecule has 1 aliphatic carbocycles. The van der Waals surface area contributed by atoms with Crippen molar-refractivity contribution in [2.24, 2.45) is 0 Å². The molecule has 2 heterocycles. The fourth-order valence-electron chi connectivity index (χ4n) is 3.40. The lowest BCUT2D eigenvalue weighted by atomic mass is 9.97. The molecule has 0 fully saturated rings. The number of phenols is 1. The monoisotopic (exact) mass is 399 g/mol. The van der Waals surface area contributed by atoms with Gasteiger partial charge in [-0.25, -0.2) is 9.97 Å². The van der Waals surface area contributed by atoms with Crippen LogP contribution in [0.4, 0.5) is 5.69 Å². The number of aryl methyl sites for hydroxylation is 4. The summed E-state index contributed by atoms with van der Waals surface area (Å²) < 4.78 is 0. The van der Waals surface area contributed by atoms with Crippen molar-refractivity contribution in [3.05, 3.63) is 40.0 Å². The molecule has 0 saturated heterocycles. The highest BCUT2D eigenvalue weighted by molar-refractivity contribution is 8.00. The summed E-state index contributed by atoms with van der Waals surface area (Å²) in [5, 5.41) is 14.7. The minimum Gasteiger partial charge on any atom is -0.506 e. The van der Waals surface area contributed by atoms with Gasteiger partial charge in [0.1, 0.15) is 21.4 Å². The Morgan fingerprint density at radius 2 is 2.07 bits per heavy atom. The van der Waals surface area contributed by atoms with Gasteiger partial charge in [-0.15, -0.1) is 11.3 Å². The molecule has 1 aliphatic rings. The lowest BCUT2D eigenvalue weighted by molar-refractivity contribution is -0.113. The van der Waals surface area contributed by atoms with Crippen molar-refractivity contribution in [2.45, 2.75) is 44.6 Å². The number of hydrogen-bond donors (Lipinski definition) is 2. The highest BCUT2D eigenvalue weighted by Crippen LogP contribution is 2.39. The average Bonchev–Trinajstić information content (AvgIpc) is 3.01. The molecule has 0 atom stereocenters. The van der Waals surface area contributed by atoms with Gasteiger partial charge in [0.15, 0.2) is 0 Å². The van der Waals surface area contributed by atoms with E-state index in [1.54, 1.807) is 29.5 Å². The van der Waals surface area contributed by atoms with Crippen LogP contribution in [0.15, 0.2) is 23.2 Å². The maximum atomic E-state index is 12.4.